The van der Waals surface area contributed by atoms with Crippen molar-refractivity contribution in [2.75, 3.05) is 6.61 Å². The molecular formula is C16H12F3N3O3. The van der Waals surface area contributed by atoms with Gasteiger partial charge in [0, 0.05) is 0 Å². The van der Waals surface area contributed by atoms with Crippen LogP contribution in [0.1, 0.15) is 11.1 Å². The zero-order valence-electron chi connectivity index (χ0n) is 12.7. The number of hydrogen-bond donors (Lipinski definition) is 1. The molecule has 1 N–H and O–H groups in total. The van der Waals surface area contributed by atoms with Gasteiger partial charge in [0.2, 0.25) is 0 Å². The summed E-state index contributed by atoms with van der Waals surface area (Å²) in [6, 6.07) is 8.48. The lowest BCUT2D eigenvalue weighted by Crippen LogP contribution is -2.32. The van der Waals surface area contributed by atoms with Gasteiger partial charge in [-0.3, -0.25) is 4.79 Å². The van der Waals surface area contributed by atoms with Crippen molar-refractivity contribution in [3.8, 4) is 17.3 Å². The Hall–Kier alpha value is -2.99. The molecule has 130 valence electrons. The topological polar surface area (TPSA) is 95.4 Å². The van der Waals surface area contributed by atoms with Gasteiger partial charge in [0.1, 0.15) is 17.7 Å². The maximum Gasteiger partial charge on any atom is 0.417 e. The molecule has 0 aliphatic heterocycles. The minimum atomic E-state index is -4.90. The lowest BCUT2D eigenvalue weighted by molar-refractivity contribution is -0.137. The molecule has 0 saturated heterocycles. The van der Waals surface area contributed by atoms with Crippen LogP contribution in [0.2, 0.25) is 0 Å². The van der Waals surface area contributed by atoms with Gasteiger partial charge < -0.3 is 9.67 Å². The average molecular weight is 351 g/mol. The minimum Gasteiger partial charge on any atom is -0.394 e. The number of nitroso groups, excluding NO2 is 1. The Morgan fingerprint density at radius 1 is 1.28 bits per heavy atom. The first-order valence-corrected chi connectivity index (χ1v) is 7.07. The lowest BCUT2D eigenvalue weighted by atomic mass is 10.0. The van der Waals surface area contributed by atoms with Gasteiger partial charge >= 0.3 is 6.18 Å². The number of nitrogens with zero attached hydrogens (tertiary/aromatic N) is 3. The minimum absolute atomic E-state index is 0.126. The van der Waals surface area contributed by atoms with Gasteiger partial charge in [0.05, 0.1) is 24.4 Å². The highest BCUT2D eigenvalue weighted by Gasteiger charge is 2.36. The summed E-state index contributed by atoms with van der Waals surface area (Å²) in [5.74, 6) is 0. The highest BCUT2D eigenvalue weighted by molar-refractivity contribution is 5.62. The standard InChI is InChI=1S/C16H12F3N3O3/c17-16(18,19)13-6-14(10-4-2-1-3-5-10)22(8-11(9-23)21-25)15(24)12(13)7-20/h1-6,11,23H,8-9H2. The zero-order chi connectivity index (χ0) is 18.6. The quantitative estimate of drug-likeness (QED) is 0.838. The fourth-order valence-corrected chi connectivity index (χ4v) is 2.34. The summed E-state index contributed by atoms with van der Waals surface area (Å²) in [6.07, 6.45) is -4.90. The number of aliphatic hydroxyl groups is 1. The van der Waals surface area contributed by atoms with E-state index in [1.807, 2.05) is 0 Å². The van der Waals surface area contributed by atoms with Crippen LogP contribution in [-0.4, -0.2) is 22.3 Å². The molecule has 2 aromatic rings. The van der Waals surface area contributed by atoms with Crippen LogP contribution in [0.5, 0.6) is 0 Å². The van der Waals surface area contributed by atoms with Gasteiger partial charge in [0.15, 0.2) is 0 Å². The van der Waals surface area contributed by atoms with E-state index < -0.39 is 42.1 Å². The summed E-state index contributed by atoms with van der Waals surface area (Å²) in [5.41, 5.74) is -3.46. The largest absolute Gasteiger partial charge is 0.417 e. The van der Waals surface area contributed by atoms with Gasteiger partial charge in [-0.25, -0.2) is 0 Å². The maximum absolute atomic E-state index is 13.2. The van der Waals surface area contributed by atoms with Crippen molar-refractivity contribution in [3.05, 3.63) is 62.8 Å². The van der Waals surface area contributed by atoms with Gasteiger partial charge in [-0.2, -0.15) is 23.3 Å². The number of hydrogen-bond acceptors (Lipinski definition) is 5. The van der Waals surface area contributed by atoms with Gasteiger partial charge in [0.25, 0.3) is 5.56 Å². The molecule has 0 saturated carbocycles. The molecule has 2 rings (SSSR count). The molecule has 9 heteroatoms. The molecule has 0 aliphatic carbocycles. The summed E-state index contributed by atoms with van der Waals surface area (Å²) in [4.78, 5) is 23.2. The van der Waals surface area contributed by atoms with Crippen LogP contribution in [0.25, 0.3) is 11.3 Å². The Kier molecular flexibility index (Phi) is 5.34. The van der Waals surface area contributed by atoms with Gasteiger partial charge in [-0.05, 0) is 11.6 Å². The van der Waals surface area contributed by atoms with Crippen molar-refractivity contribution in [2.24, 2.45) is 5.18 Å². The highest BCUT2D eigenvalue weighted by Crippen LogP contribution is 2.33. The fraction of sp³-hybridized carbons (Fsp3) is 0.250. The number of pyridine rings is 1. The number of halogens is 3. The van der Waals surface area contributed by atoms with E-state index in [2.05, 4.69) is 5.18 Å². The molecule has 25 heavy (non-hydrogen) atoms. The van der Waals surface area contributed by atoms with Crippen molar-refractivity contribution in [1.29, 1.82) is 5.26 Å². The van der Waals surface area contributed by atoms with E-state index in [0.717, 1.165) is 4.57 Å². The molecular weight excluding hydrogens is 339 g/mol. The van der Waals surface area contributed by atoms with Crippen LogP contribution in [-0.2, 0) is 12.7 Å². The second kappa shape index (κ2) is 7.27. The van der Waals surface area contributed by atoms with E-state index in [4.69, 9.17) is 10.4 Å². The summed E-state index contributed by atoms with van der Waals surface area (Å²) in [6.45, 7) is -1.14. The Morgan fingerprint density at radius 3 is 2.40 bits per heavy atom. The van der Waals surface area contributed by atoms with Crippen molar-refractivity contribution >= 4 is 0 Å². The van der Waals surface area contributed by atoms with E-state index >= 15 is 0 Å². The number of nitriles is 1. The molecule has 6 nitrogen and oxygen atoms in total. The molecule has 1 aromatic carbocycles. The predicted octanol–water partition coefficient (Wildman–Crippen LogP) is 2.53. The third-order valence-electron chi connectivity index (χ3n) is 3.54. The Balaban J connectivity index is 2.82. The zero-order valence-corrected chi connectivity index (χ0v) is 12.7. The van der Waals surface area contributed by atoms with E-state index in [9.17, 15) is 22.9 Å². The van der Waals surface area contributed by atoms with Crippen molar-refractivity contribution in [3.63, 3.8) is 0 Å². The molecule has 0 spiro atoms. The molecule has 0 radical (unpaired) electrons. The molecule has 0 fully saturated rings. The van der Waals surface area contributed by atoms with E-state index in [-0.39, 0.29) is 11.3 Å². The summed E-state index contributed by atoms with van der Waals surface area (Å²) in [7, 11) is 0. The summed E-state index contributed by atoms with van der Waals surface area (Å²) in [5, 5.41) is 20.7. The monoisotopic (exact) mass is 351 g/mol. The summed E-state index contributed by atoms with van der Waals surface area (Å²) >= 11 is 0. The fourth-order valence-electron chi connectivity index (χ4n) is 2.34. The first-order chi connectivity index (χ1) is 11.8. The van der Waals surface area contributed by atoms with Crippen LogP contribution in [0.4, 0.5) is 13.2 Å². The molecule has 0 amide bonds. The van der Waals surface area contributed by atoms with Crippen LogP contribution in [0.3, 0.4) is 0 Å². The second-order valence-corrected chi connectivity index (χ2v) is 5.15. The summed E-state index contributed by atoms with van der Waals surface area (Å²) < 4.78 is 40.5. The third-order valence-corrected chi connectivity index (χ3v) is 3.54. The third kappa shape index (κ3) is 3.75. The smallest absolute Gasteiger partial charge is 0.394 e. The maximum atomic E-state index is 13.2. The molecule has 1 aromatic heterocycles. The van der Waals surface area contributed by atoms with Crippen LogP contribution in [0.15, 0.2) is 46.4 Å². The molecule has 0 aliphatic rings. The molecule has 1 unspecified atom stereocenters. The SMILES string of the molecule is N#Cc1c(C(F)(F)F)cc(-c2ccccc2)n(CC(CO)N=O)c1=O. The van der Waals surface area contributed by atoms with Crippen molar-refractivity contribution < 1.29 is 18.3 Å². The number of aromatic nitrogens is 1. The van der Waals surface area contributed by atoms with Crippen molar-refractivity contribution in [1.82, 2.24) is 4.57 Å². The number of alkyl halides is 3. The van der Waals surface area contributed by atoms with E-state index in [1.54, 1.807) is 18.2 Å². The van der Waals surface area contributed by atoms with Crippen LogP contribution < -0.4 is 5.56 Å². The lowest BCUT2D eigenvalue weighted by Gasteiger charge is -2.18. The molecule has 1 heterocycles. The average Bonchev–Trinajstić information content (AvgIpc) is 2.60. The first kappa shape index (κ1) is 18.4. The number of rotatable bonds is 5. The Morgan fingerprint density at radius 2 is 1.92 bits per heavy atom. The molecule has 0 bridgehead atoms. The first-order valence-electron chi connectivity index (χ1n) is 7.07. The van der Waals surface area contributed by atoms with Crippen LogP contribution in [0, 0.1) is 16.2 Å². The predicted molar refractivity (Wildman–Crippen MR) is 82.5 cm³/mol. The van der Waals surface area contributed by atoms with E-state index in [1.165, 1.54) is 18.2 Å². The molecule has 1 atom stereocenters. The van der Waals surface area contributed by atoms with Crippen molar-refractivity contribution in [2.45, 2.75) is 18.8 Å². The Bertz CT molecular complexity index is 870. The van der Waals surface area contributed by atoms with Crippen LogP contribution >= 0.6 is 0 Å². The number of aliphatic hydroxyl groups excluding tert-OH is 1. The van der Waals surface area contributed by atoms with Gasteiger partial charge in [-0.1, -0.05) is 35.5 Å². The second-order valence-electron chi connectivity index (χ2n) is 5.15. The normalized spacial score (nSPS) is 12.4. The highest BCUT2D eigenvalue weighted by atomic mass is 19.4. The van der Waals surface area contributed by atoms with Gasteiger partial charge in [-0.15, -0.1) is 0 Å². The Labute approximate surface area is 139 Å². The van der Waals surface area contributed by atoms with E-state index in [0.29, 0.717) is 6.07 Å². The number of benzene rings is 1.